The maximum atomic E-state index is 12.9. The normalized spacial score (nSPS) is 10.5. The SMILES string of the molecule is Cc1ccc(OCC(=O)c2c(C)c(C#N)c(=O)n(Cc3ccccc3)c2O)cc1C. The number of carbonyl (C=O) groups is 1. The van der Waals surface area contributed by atoms with Gasteiger partial charge in [0.15, 0.2) is 6.61 Å². The van der Waals surface area contributed by atoms with Crippen LogP contribution in [0, 0.1) is 32.1 Å². The van der Waals surface area contributed by atoms with Crippen molar-refractivity contribution in [1.82, 2.24) is 4.57 Å². The van der Waals surface area contributed by atoms with Gasteiger partial charge in [-0.1, -0.05) is 36.4 Å². The molecule has 0 aliphatic carbocycles. The Labute approximate surface area is 174 Å². The fourth-order valence-corrected chi connectivity index (χ4v) is 3.22. The van der Waals surface area contributed by atoms with Gasteiger partial charge in [0.25, 0.3) is 5.56 Å². The molecule has 2 aromatic carbocycles. The largest absolute Gasteiger partial charge is 0.494 e. The van der Waals surface area contributed by atoms with Crippen molar-refractivity contribution in [3.63, 3.8) is 0 Å². The summed E-state index contributed by atoms with van der Waals surface area (Å²) >= 11 is 0. The van der Waals surface area contributed by atoms with Crippen LogP contribution in [0.1, 0.15) is 38.2 Å². The van der Waals surface area contributed by atoms with E-state index in [4.69, 9.17) is 4.74 Å². The summed E-state index contributed by atoms with van der Waals surface area (Å²) in [6, 6.07) is 16.4. The van der Waals surface area contributed by atoms with Crippen LogP contribution < -0.4 is 10.3 Å². The topological polar surface area (TPSA) is 92.3 Å². The molecule has 1 heterocycles. The minimum atomic E-state index is -0.636. The number of Topliss-reactive ketones (excluding diaryl/α,β-unsaturated/α-hetero) is 1. The Morgan fingerprint density at radius 1 is 1.10 bits per heavy atom. The lowest BCUT2D eigenvalue weighted by Crippen LogP contribution is -2.28. The molecule has 0 amide bonds. The van der Waals surface area contributed by atoms with Gasteiger partial charge in [-0.3, -0.25) is 14.2 Å². The van der Waals surface area contributed by atoms with Crippen molar-refractivity contribution in [2.24, 2.45) is 0 Å². The summed E-state index contributed by atoms with van der Waals surface area (Å²) in [7, 11) is 0. The average Bonchev–Trinajstić information content (AvgIpc) is 2.73. The van der Waals surface area contributed by atoms with Gasteiger partial charge in [0.2, 0.25) is 11.7 Å². The number of rotatable bonds is 6. The molecular formula is C24H22N2O4. The van der Waals surface area contributed by atoms with Gasteiger partial charge >= 0.3 is 0 Å². The maximum absolute atomic E-state index is 12.9. The van der Waals surface area contributed by atoms with Crippen LogP contribution >= 0.6 is 0 Å². The molecule has 0 spiro atoms. The predicted molar refractivity (Wildman–Crippen MR) is 113 cm³/mol. The molecule has 3 aromatic rings. The molecule has 1 N–H and O–H groups in total. The summed E-state index contributed by atoms with van der Waals surface area (Å²) < 4.78 is 6.64. The molecule has 0 saturated carbocycles. The molecular weight excluding hydrogens is 380 g/mol. The molecule has 6 nitrogen and oxygen atoms in total. The number of aromatic hydroxyl groups is 1. The molecule has 1 aromatic heterocycles. The zero-order valence-electron chi connectivity index (χ0n) is 17.1. The van der Waals surface area contributed by atoms with Crippen LogP contribution in [0.2, 0.25) is 0 Å². The van der Waals surface area contributed by atoms with Gasteiger partial charge in [0.1, 0.15) is 17.4 Å². The molecule has 3 rings (SSSR count). The van der Waals surface area contributed by atoms with Gasteiger partial charge < -0.3 is 9.84 Å². The zero-order chi connectivity index (χ0) is 21.8. The standard InChI is InChI=1S/C24H22N2O4/c1-15-9-10-19(11-16(15)2)30-14-21(27)22-17(3)20(12-25)23(28)26(24(22)29)13-18-7-5-4-6-8-18/h4-11,29H,13-14H2,1-3H3. The van der Waals surface area contributed by atoms with Crippen molar-refractivity contribution >= 4 is 5.78 Å². The summed E-state index contributed by atoms with van der Waals surface area (Å²) in [6.45, 7) is 5.11. The van der Waals surface area contributed by atoms with Gasteiger partial charge in [-0.25, -0.2) is 0 Å². The first kappa shape index (κ1) is 20.9. The van der Waals surface area contributed by atoms with Crippen LogP contribution in [0.25, 0.3) is 0 Å². The van der Waals surface area contributed by atoms with Gasteiger partial charge in [-0.2, -0.15) is 5.26 Å². The number of benzene rings is 2. The maximum Gasteiger partial charge on any atom is 0.271 e. The Morgan fingerprint density at radius 2 is 1.80 bits per heavy atom. The van der Waals surface area contributed by atoms with E-state index in [9.17, 15) is 20.0 Å². The molecule has 0 saturated heterocycles. The molecule has 30 heavy (non-hydrogen) atoms. The van der Waals surface area contributed by atoms with E-state index in [1.54, 1.807) is 30.3 Å². The highest BCUT2D eigenvalue weighted by molar-refractivity contribution is 6.01. The zero-order valence-corrected chi connectivity index (χ0v) is 17.1. The minimum absolute atomic E-state index is 0.0404. The Balaban J connectivity index is 1.97. The molecule has 0 unspecified atom stereocenters. The summed E-state index contributed by atoms with van der Waals surface area (Å²) in [5.41, 5.74) is 2.16. The Morgan fingerprint density at radius 3 is 2.43 bits per heavy atom. The van der Waals surface area contributed by atoms with E-state index in [1.807, 2.05) is 38.1 Å². The van der Waals surface area contributed by atoms with Crippen LogP contribution in [0.3, 0.4) is 0 Å². The second-order valence-corrected chi connectivity index (χ2v) is 7.15. The van der Waals surface area contributed by atoms with Gasteiger partial charge in [0, 0.05) is 0 Å². The number of hydrogen-bond acceptors (Lipinski definition) is 5. The van der Waals surface area contributed by atoms with Crippen molar-refractivity contribution in [3.05, 3.63) is 92.3 Å². The number of aromatic nitrogens is 1. The highest BCUT2D eigenvalue weighted by Crippen LogP contribution is 2.24. The quantitative estimate of drug-likeness (QED) is 0.635. The first-order valence-electron chi connectivity index (χ1n) is 9.47. The molecule has 0 aliphatic heterocycles. The van der Waals surface area contributed by atoms with E-state index in [-0.39, 0.29) is 29.8 Å². The van der Waals surface area contributed by atoms with Crippen LogP contribution in [0.5, 0.6) is 11.6 Å². The van der Waals surface area contributed by atoms with Crippen LogP contribution in [-0.2, 0) is 6.54 Å². The number of aryl methyl sites for hydroxylation is 2. The lowest BCUT2D eigenvalue weighted by Gasteiger charge is -2.16. The highest BCUT2D eigenvalue weighted by Gasteiger charge is 2.24. The van der Waals surface area contributed by atoms with Crippen LogP contribution in [0.15, 0.2) is 53.3 Å². The summed E-state index contributed by atoms with van der Waals surface area (Å²) in [6.07, 6.45) is 0. The minimum Gasteiger partial charge on any atom is -0.494 e. The van der Waals surface area contributed by atoms with Crippen molar-refractivity contribution < 1.29 is 14.6 Å². The highest BCUT2D eigenvalue weighted by atomic mass is 16.5. The first-order valence-corrected chi connectivity index (χ1v) is 9.47. The van der Waals surface area contributed by atoms with Crippen molar-refractivity contribution in [2.45, 2.75) is 27.3 Å². The molecule has 0 aliphatic rings. The molecule has 152 valence electrons. The Hall–Kier alpha value is -3.85. The second kappa shape index (κ2) is 8.66. The van der Waals surface area contributed by atoms with Crippen LogP contribution in [0.4, 0.5) is 0 Å². The van der Waals surface area contributed by atoms with E-state index in [2.05, 4.69) is 0 Å². The number of nitriles is 1. The van der Waals surface area contributed by atoms with E-state index in [0.29, 0.717) is 5.75 Å². The number of carbonyl (C=O) groups excluding carboxylic acids is 1. The van der Waals surface area contributed by atoms with E-state index < -0.39 is 17.2 Å². The second-order valence-electron chi connectivity index (χ2n) is 7.15. The van der Waals surface area contributed by atoms with Crippen molar-refractivity contribution in [3.8, 4) is 17.7 Å². The Kier molecular flexibility index (Phi) is 6.03. The smallest absolute Gasteiger partial charge is 0.271 e. The molecule has 0 radical (unpaired) electrons. The van der Waals surface area contributed by atoms with Crippen molar-refractivity contribution in [2.75, 3.05) is 6.61 Å². The number of ketones is 1. The van der Waals surface area contributed by atoms with E-state index in [0.717, 1.165) is 21.3 Å². The third-order valence-corrected chi connectivity index (χ3v) is 5.11. The van der Waals surface area contributed by atoms with Crippen molar-refractivity contribution in [1.29, 1.82) is 5.26 Å². The fraction of sp³-hybridized carbons (Fsp3) is 0.208. The third kappa shape index (κ3) is 4.11. The van der Waals surface area contributed by atoms with Gasteiger partial charge in [0.05, 0.1) is 12.1 Å². The summed E-state index contributed by atoms with van der Waals surface area (Å²) in [5, 5.41) is 20.2. The number of pyridine rings is 1. The molecule has 0 bridgehead atoms. The summed E-state index contributed by atoms with van der Waals surface area (Å²) in [4.78, 5) is 25.6. The van der Waals surface area contributed by atoms with Gasteiger partial charge in [-0.05, 0) is 55.2 Å². The lowest BCUT2D eigenvalue weighted by molar-refractivity contribution is 0.0916. The first-order chi connectivity index (χ1) is 14.3. The predicted octanol–water partition coefficient (Wildman–Crippen LogP) is 3.66. The lowest BCUT2D eigenvalue weighted by atomic mass is 10.0. The number of hydrogen-bond donors (Lipinski definition) is 1. The molecule has 0 fully saturated rings. The van der Waals surface area contributed by atoms with E-state index >= 15 is 0 Å². The van der Waals surface area contributed by atoms with E-state index in [1.165, 1.54) is 6.92 Å². The monoisotopic (exact) mass is 402 g/mol. The number of ether oxygens (including phenoxy) is 1. The van der Waals surface area contributed by atoms with Crippen LogP contribution in [-0.4, -0.2) is 22.1 Å². The van der Waals surface area contributed by atoms with Gasteiger partial charge in [-0.15, -0.1) is 0 Å². The fourth-order valence-electron chi connectivity index (χ4n) is 3.22. The molecule has 6 heteroatoms. The Bertz CT molecular complexity index is 1200. The number of nitrogens with zero attached hydrogens (tertiary/aromatic N) is 2. The third-order valence-electron chi connectivity index (χ3n) is 5.11. The average molecular weight is 402 g/mol. The molecule has 0 atom stereocenters. The summed E-state index contributed by atoms with van der Waals surface area (Å²) in [5.74, 6) is -0.447.